The summed E-state index contributed by atoms with van der Waals surface area (Å²) in [5.41, 5.74) is -0.0321. The van der Waals surface area contributed by atoms with Crippen LogP contribution in [0.3, 0.4) is 0 Å². The summed E-state index contributed by atoms with van der Waals surface area (Å²) in [6, 6.07) is 8.40. The standard InChI is InChI=1S/C16H13FO4/c1-20-13-7-6-10(8-14(13)21-2)16(19)15-11(9-18)4-3-5-12(15)17/h3-9H,1-2H3. The molecule has 4 nitrogen and oxygen atoms in total. The lowest BCUT2D eigenvalue weighted by molar-refractivity contribution is 0.102. The van der Waals surface area contributed by atoms with Crippen molar-refractivity contribution in [2.45, 2.75) is 0 Å². The summed E-state index contributed by atoms with van der Waals surface area (Å²) in [4.78, 5) is 23.4. The van der Waals surface area contributed by atoms with Gasteiger partial charge in [0.2, 0.25) is 0 Å². The minimum Gasteiger partial charge on any atom is -0.493 e. The number of benzene rings is 2. The van der Waals surface area contributed by atoms with Crippen molar-refractivity contribution < 1.29 is 23.5 Å². The highest BCUT2D eigenvalue weighted by molar-refractivity contribution is 6.13. The van der Waals surface area contributed by atoms with Crippen molar-refractivity contribution in [2.75, 3.05) is 14.2 Å². The van der Waals surface area contributed by atoms with E-state index in [1.165, 1.54) is 38.5 Å². The first kappa shape index (κ1) is 14.7. The van der Waals surface area contributed by atoms with Crippen LogP contribution < -0.4 is 9.47 Å². The molecule has 21 heavy (non-hydrogen) atoms. The highest BCUT2D eigenvalue weighted by Gasteiger charge is 2.19. The Kier molecular flexibility index (Phi) is 4.33. The summed E-state index contributed by atoms with van der Waals surface area (Å²) in [7, 11) is 2.91. The molecule has 0 unspecified atom stereocenters. The van der Waals surface area contributed by atoms with Crippen LogP contribution in [-0.4, -0.2) is 26.3 Å². The third-order valence-electron chi connectivity index (χ3n) is 3.05. The Labute approximate surface area is 121 Å². The fraction of sp³-hybridized carbons (Fsp3) is 0.125. The SMILES string of the molecule is COc1ccc(C(=O)c2c(F)cccc2C=O)cc1OC. The summed E-state index contributed by atoms with van der Waals surface area (Å²) < 4.78 is 24.1. The van der Waals surface area contributed by atoms with Crippen LogP contribution in [0.25, 0.3) is 0 Å². The van der Waals surface area contributed by atoms with Crippen molar-refractivity contribution in [1.29, 1.82) is 0 Å². The summed E-state index contributed by atoms with van der Waals surface area (Å²) in [5.74, 6) is -0.513. The van der Waals surface area contributed by atoms with Crippen LogP contribution in [0.1, 0.15) is 26.3 Å². The van der Waals surface area contributed by atoms with E-state index in [2.05, 4.69) is 0 Å². The zero-order chi connectivity index (χ0) is 15.4. The van der Waals surface area contributed by atoms with Gasteiger partial charge in [-0.3, -0.25) is 9.59 Å². The van der Waals surface area contributed by atoms with Gasteiger partial charge in [-0.05, 0) is 24.3 Å². The molecule has 0 aliphatic carbocycles. The number of ether oxygens (including phenoxy) is 2. The van der Waals surface area contributed by atoms with E-state index in [0.717, 1.165) is 6.07 Å². The zero-order valence-corrected chi connectivity index (χ0v) is 11.6. The van der Waals surface area contributed by atoms with Crippen molar-refractivity contribution in [3.63, 3.8) is 0 Å². The van der Waals surface area contributed by atoms with E-state index < -0.39 is 11.6 Å². The second-order valence-corrected chi connectivity index (χ2v) is 4.22. The summed E-state index contributed by atoms with van der Waals surface area (Å²) in [5, 5.41) is 0. The molecule has 2 aromatic carbocycles. The molecule has 0 aromatic heterocycles. The second-order valence-electron chi connectivity index (χ2n) is 4.22. The number of hydrogen-bond donors (Lipinski definition) is 0. The smallest absolute Gasteiger partial charge is 0.196 e. The molecular formula is C16H13FO4. The maximum absolute atomic E-state index is 13.9. The number of hydrogen-bond acceptors (Lipinski definition) is 4. The summed E-state index contributed by atoms with van der Waals surface area (Å²) in [6.45, 7) is 0. The van der Waals surface area contributed by atoms with Crippen molar-refractivity contribution in [3.05, 3.63) is 58.9 Å². The highest BCUT2D eigenvalue weighted by atomic mass is 19.1. The number of methoxy groups -OCH3 is 2. The average Bonchev–Trinajstić information content (AvgIpc) is 2.53. The maximum Gasteiger partial charge on any atom is 0.196 e. The van der Waals surface area contributed by atoms with Gasteiger partial charge in [0.05, 0.1) is 19.8 Å². The molecule has 0 bridgehead atoms. The summed E-state index contributed by atoms with van der Waals surface area (Å²) in [6.07, 6.45) is 0.455. The minimum absolute atomic E-state index is 0.00906. The normalized spacial score (nSPS) is 10.0. The monoisotopic (exact) mass is 288 g/mol. The van der Waals surface area contributed by atoms with Gasteiger partial charge in [-0.2, -0.15) is 0 Å². The molecule has 0 aliphatic rings. The van der Waals surface area contributed by atoms with E-state index in [-0.39, 0.29) is 16.7 Å². The zero-order valence-electron chi connectivity index (χ0n) is 11.6. The molecule has 0 radical (unpaired) electrons. The number of halogens is 1. The maximum atomic E-state index is 13.9. The van der Waals surface area contributed by atoms with E-state index in [4.69, 9.17) is 9.47 Å². The molecule has 0 spiro atoms. The topological polar surface area (TPSA) is 52.6 Å². The molecule has 108 valence electrons. The van der Waals surface area contributed by atoms with E-state index in [1.54, 1.807) is 6.07 Å². The van der Waals surface area contributed by atoms with Gasteiger partial charge in [0.25, 0.3) is 0 Å². The van der Waals surface area contributed by atoms with Crippen LogP contribution in [0.15, 0.2) is 36.4 Å². The van der Waals surface area contributed by atoms with Gasteiger partial charge in [-0.1, -0.05) is 12.1 Å². The van der Waals surface area contributed by atoms with Crippen LogP contribution in [-0.2, 0) is 0 Å². The predicted molar refractivity (Wildman–Crippen MR) is 74.8 cm³/mol. The first-order valence-electron chi connectivity index (χ1n) is 6.12. The molecule has 0 N–H and O–H groups in total. The molecule has 0 atom stereocenters. The number of rotatable bonds is 5. The first-order valence-corrected chi connectivity index (χ1v) is 6.12. The van der Waals surface area contributed by atoms with Crippen LogP contribution in [0.4, 0.5) is 4.39 Å². The quantitative estimate of drug-likeness (QED) is 0.627. The Morgan fingerprint density at radius 2 is 1.81 bits per heavy atom. The molecule has 0 amide bonds. The fourth-order valence-electron chi connectivity index (χ4n) is 2.00. The third-order valence-corrected chi connectivity index (χ3v) is 3.05. The van der Waals surface area contributed by atoms with Gasteiger partial charge in [0.1, 0.15) is 5.82 Å². The first-order chi connectivity index (χ1) is 10.1. The predicted octanol–water partition coefficient (Wildman–Crippen LogP) is 2.89. The second kappa shape index (κ2) is 6.17. The van der Waals surface area contributed by atoms with E-state index in [1.807, 2.05) is 0 Å². The lowest BCUT2D eigenvalue weighted by Crippen LogP contribution is -2.08. The molecule has 2 rings (SSSR count). The molecule has 0 fully saturated rings. The minimum atomic E-state index is -0.737. The Morgan fingerprint density at radius 1 is 1.10 bits per heavy atom. The Morgan fingerprint density at radius 3 is 2.43 bits per heavy atom. The fourth-order valence-corrected chi connectivity index (χ4v) is 2.00. The largest absolute Gasteiger partial charge is 0.493 e. The molecular weight excluding hydrogens is 275 g/mol. The Hall–Kier alpha value is -2.69. The van der Waals surface area contributed by atoms with E-state index in [9.17, 15) is 14.0 Å². The number of aldehydes is 1. The van der Waals surface area contributed by atoms with Gasteiger partial charge in [0.15, 0.2) is 23.6 Å². The molecule has 0 aliphatic heterocycles. The van der Waals surface area contributed by atoms with Crippen LogP contribution in [0, 0.1) is 5.82 Å². The molecule has 0 saturated heterocycles. The van der Waals surface area contributed by atoms with Crippen molar-refractivity contribution >= 4 is 12.1 Å². The van der Waals surface area contributed by atoms with Crippen LogP contribution in [0.5, 0.6) is 11.5 Å². The molecule has 0 saturated carbocycles. The Balaban J connectivity index is 2.53. The molecule has 5 heteroatoms. The van der Waals surface area contributed by atoms with Gasteiger partial charge in [-0.15, -0.1) is 0 Å². The van der Waals surface area contributed by atoms with Crippen molar-refractivity contribution in [3.8, 4) is 11.5 Å². The van der Waals surface area contributed by atoms with Crippen LogP contribution >= 0.6 is 0 Å². The highest BCUT2D eigenvalue weighted by Crippen LogP contribution is 2.29. The van der Waals surface area contributed by atoms with Crippen molar-refractivity contribution in [2.24, 2.45) is 0 Å². The van der Waals surface area contributed by atoms with Crippen molar-refractivity contribution in [1.82, 2.24) is 0 Å². The Bertz CT molecular complexity index is 695. The summed E-state index contributed by atoms with van der Waals surface area (Å²) >= 11 is 0. The van der Waals surface area contributed by atoms with Gasteiger partial charge in [-0.25, -0.2) is 4.39 Å². The van der Waals surface area contributed by atoms with Gasteiger partial charge in [0, 0.05) is 11.1 Å². The van der Waals surface area contributed by atoms with E-state index in [0.29, 0.717) is 17.8 Å². The number of carbonyl (C=O) groups is 2. The molecule has 0 heterocycles. The van der Waals surface area contributed by atoms with Gasteiger partial charge < -0.3 is 9.47 Å². The molecule has 2 aromatic rings. The van der Waals surface area contributed by atoms with E-state index >= 15 is 0 Å². The lowest BCUT2D eigenvalue weighted by atomic mass is 9.98. The van der Waals surface area contributed by atoms with Gasteiger partial charge >= 0.3 is 0 Å². The van der Waals surface area contributed by atoms with Crippen LogP contribution in [0.2, 0.25) is 0 Å². The number of carbonyl (C=O) groups excluding carboxylic acids is 2. The lowest BCUT2D eigenvalue weighted by Gasteiger charge is -2.10. The number of ketones is 1. The average molecular weight is 288 g/mol. The third kappa shape index (κ3) is 2.76.